The Labute approximate surface area is 118 Å². The van der Waals surface area contributed by atoms with E-state index in [4.69, 9.17) is 10.5 Å². The van der Waals surface area contributed by atoms with Crippen molar-refractivity contribution in [3.8, 4) is 0 Å². The third kappa shape index (κ3) is 3.50. The molecule has 19 heavy (non-hydrogen) atoms. The molecule has 0 aromatic carbocycles. The van der Waals surface area contributed by atoms with Gasteiger partial charge >= 0.3 is 0 Å². The molecule has 1 saturated carbocycles. The zero-order valence-corrected chi connectivity index (χ0v) is 12.9. The summed E-state index contributed by atoms with van der Waals surface area (Å²) in [6, 6.07) is 0. The normalized spacial score (nSPS) is 34.6. The number of hydrogen-bond donors (Lipinski definition) is 1. The van der Waals surface area contributed by atoms with Crippen molar-refractivity contribution in [1.29, 1.82) is 0 Å². The number of ether oxygens (including phenoxy) is 1. The van der Waals surface area contributed by atoms with Crippen molar-refractivity contribution in [1.82, 2.24) is 4.90 Å². The molecule has 0 spiro atoms. The van der Waals surface area contributed by atoms with Crippen LogP contribution in [-0.4, -0.2) is 43.8 Å². The number of methoxy groups -OCH3 is 1. The molecule has 3 heteroatoms. The molecule has 0 radical (unpaired) electrons. The van der Waals surface area contributed by atoms with Gasteiger partial charge in [-0.15, -0.1) is 0 Å². The highest BCUT2D eigenvalue weighted by Crippen LogP contribution is 2.38. The lowest BCUT2D eigenvalue weighted by molar-refractivity contribution is 0.00352. The van der Waals surface area contributed by atoms with Crippen LogP contribution in [0.2, 0.25) is 0 Å². The third-order valence-corrected chi connectivity index (χ3v) is 5.68. The zero-order valence-electron chi connectivity index (χ0n) is 12.9. The minimum absolute atomic E-state index is 0.323. The summed E-state index contributed by atoms with van der Waals surface area (Å²) in [4.78, 5) is 2.71. The van der Waals surface area contributed by atoms with E-state index in [9.17, 15) is 0 Å². The highest BCUT2D eigenvalue weighted by Gasteiger charge is 2.40. The van der Waals surface area contributed by atoms with Crippen LogP contribution in [0.4, 0.5) is 0 Å². The van der Waals surface area contributed by atoms with Crippen LogP contribution in [-0.2, 0) is 4.74 Å². The van der Waals surface area contributed by atoms with E-state index in [2.05, 4.69) is 11.8 Å². The van der Waals surface area contributed by atoms with Crippen molar-refractivity contribution in [2.24, 2.45) is 17.6 Å². The van der Waals surface area contributed by atoms with Crippen LogP contribution in [0.5, 0.6) is 0 Å². The lowest BCUT2D eigenvalue weighted by Gasteiger charge is -2.50. The molecule has 1 aliphatic carbocycles. The first-order valence-corrected chi connectivity index (χ1v) is 8.18. The molecular formula is C16H32N2O. The Kier molecular flexibility index (Phi) is 5.67. The molecule has 2 aliphatic rings. The summed E-state index contributed by atoms with van der Waals surface area (Å²) >= 11 is 0. The molecular weight excluding hydrogens is 236 g/mol. The molecule has 2 N–H and O–H groups in total. The number of likely N-dealkylation sites (tertiary alicyclic amines) is 1. The summed E-state index contributed by atoms with van der Waals surface area (Å²) < 4.78 is 5.30. The Bertz CT molecular complexity index is 253. The molecule has 0 aromatic heterocycles. The topological polar surface area (TPSA) is 38.5 Å². The Morgan fingerprint density at radius 2 is 1.74 bits per heavy atom. The van der Waals surface area contributed by atoms with E-state index in [1.54, 1.807) is 0 Å². The summed E-state index contributed by atoms with van der Waals surface area (Å²) in [5, 5.41) is 0. The van der Waals surface area contributed by atoms with Gasteiger partial charge in [0.1, 0.15) is 0 Å². The van der Waals surface area contributed by atoms with Gasteiger partial charge in [0.25, 0.3) is 0 Å². The van der Waals surface area contributed by atoms with E-state index in [1.807, 2.05) is 7.11 Å². The first-order chi connectivity index (χ1) is 9.24. The molecule has 2 fully saturated rings. The van der Waals surface area contributed by atoms with Crippen LogP contribution in [0.15, 0.2) is 0 Å². The van der Waals surface area contributed by atoms with Gasteiger partial charge in [0, 0.05) is 25.8 Å². The van der Waals surface area contributed by atoms with E-state index in [1.165, 1.54) is 58.0 Å². The van der Waals surface area contributed by atoms with E-state index >= 15 is 0 Å². The van der Waals surface area contributed by atoms with Gasteiger partial charge in [-0.25, -0.2) is 0 Å². The summed E-state index contributed by atoms with van der Waals surface area (Å²) in [6.45, 7) is 6.56. The average Bonchev–Trinajstić information content (AvgIpc) is 2.48. The molecule has 112 valence electrons. The van der Waals surface area contributed by atoms with Crippen molar-refractivity contribution in [3.63, 3.8) is 0 Å². The Balaban J connectivity index is 1.88. The van der Waals surface area contributed by atoms with Gasteiger partial charge in [-0.05, 0) is 63.5 Å². The van der Waals surface area contributed by atoms with Crippen LogP contribution in [0.3, 0.4) is 0 Å². The molecule has 0 atom stereocenters. The van der Waals surface area contributed by atoms with Gasteiger partial charge in [0.2, 0.25) is 0 Å². The van der Waals surface area contributed by atoms with Gasteiger partial charge < -0.3 is 10.5 Å². The summed E-state index contributed by atoms with van der Waals surface area (Å²) in [5.41, 5.74) is 6.51. The van der Waals surface area contributed by atoms with Crippen molar-refractivity contribution < 1.29 is 4.74 Å². The van der Waals surface area contributed by atoms with Gasteiger partial charge in [0.05, 0.1) is 0 Å². The van der Waals surface area contributed by atoms with Crippen molar-refractivity contribution >= 4 is 0 Å². The number of rotatable bonds is 5. The Morgan fingerprint density at radius 1 is 1.11 bits per heavy atom. The first-order valence-electron chi connectivity index (χ1n) is 8.18. The van der Waals surface area contributed by atoms with E-state index in [0.29, 0.717) is 5.54 Å². The van der Waals surface area contributed by atoms with E-state index in [-0.39, 0.29) is 0 Å². The summed E-state index contributed by atoms with van der Waals surface area (Å²) in [6.07, 6.45) is 9.31. The molecule has 1 aliphatic heterocycles. The first kappa shape index (κ1) is 15.3. The highest BCUT2D eigenvalue weighted by atomic mass is 16.5. The molecule has 0 bridgehead atoms. The lowest BCUT2D eigenvalue weighted by atomic mass is 9.73. The minimum Gasteiger partial charge on any atom is -0.384 e. The largest absolute Gasteiger partial charge is 0.384 e. The van der Waals surface area contributed by atoms with Gasteiger partial charge in [-0.3, -0.25) is 4.90 Å². The predicted molar refractivity (Wildman–Crippen MR) is 80.2 cm³/mol. The van der Waals surface area contributed by atoms with Crippen LogP contribution in [0, 0.1) is 11.8 Å². The molecule has 2 rings (SSSR count). The predicted octanol–water partition coefficient (Wildman–Crippen LogP) is 2.64. The fourth-order valence-electron chi connectivity index (χ4n) is 4.08. The maximum atomic E-state index is 6.18. The fraction of sp³-hybridized carbons (Fsp3) is 1.00. The van der Waals surface area contributed by atoms with Gasteiger partial charge in [0.15, 0.2) is 0 Å². The SMILES string of the molecule is CCC1CCC(CN)(N2CCC(COC)CC2)CC1. The smallest absolute Gasteiger partial charge is 0.0491 e. The van der Waals surface area contributed by atoms with E-state index in [0.717, 1.165) is 25.0 Å². The van der Waals surface area contributed by atoms with Gasteiger partial charge in [-0.2, -0.15) is 0 Å². The molecule has 3 nitrogen and oxygen atoms in total. The quantitative estimate of drug-likeness (QED) is 0.833. The maximum absolute atomic E-state index is 6.18. The number of hydrogen-bond acceptors (Lipinski definition) is 3. The maximum Gasteiger partial charge on any atom is 0.0491 e. The van der Waals surface area contributed by atoms with Crippen LogP contribution >= 0.6 is 0 Å². The van der Waals surface area contributed by atoms with Crippen LogP contribution in [0.1, 0.15) is 51.9 Å². The van der Waals surface area contributed by atoms with E-state index < -0.39 is 0 Å². The second-order valence-electron chi connectivity index (χ2n) is 6.67. The number of nitrogens with zero attached hydrogens (tertiary/aromatic N) is 1. The van der Waals surface area contributed by atoms with Crippen molar-refractivity contribution in [3.05, 3.63) is 0 Å². The minimum atomic E-state index is 0.323. The lowest BCUT2D eigenvalue weighted by Crippen LogP contribution is -2.58. The molecule has 0 unspecified atom stereocenters. The summed E-state index contributed by atoms with van der Waals surface area (Å²) in [5.74, 6) is 1.72. The fourth-order valence-corrected chi connectivity index (χ4v) is 4.08. The van der Waals surface area contributed by atoms with Crippen LogP contribution < -0.4 is 5.73 Å². The number of piperidine rings is 1. The van der Waals surface area contributed by atoms with Crippen LogP contribution in [0.25, 0.3) is 0 Å². The van der Waals surface area contributed by atoms with Crippen molar-refractivity contribution in [2.45, 2.75) is 57.4 Å². The van der Waals surface area contributed by atoms with Crippen molar-refractivity contribution in [2.75, 3.05) is 33.4 Å². The van der Waals surface area contributed by atoms with Gasteiger partial charge in [-0.1, -0.05) is 13.3 Å². The molecule has 1 saturated heterocycles. The standard InChI is InChI=1S/C16H32N2O/c1-3-14-4-8-16(13-17,9-5-14)18-10-6-15(7-11-18)12-19-2/h14-15H,3-13,17H2,1-2H3. The monoisotopic (exact) mass is 268 g/mol. The average molecular weight is 268 g/mol. The zero-order chi connectivity index (χ0) is 13.7. The Hall–Kier alpha value is -0.120. The molecule has 1 heterocycles. The Morgan fingerprint density at radius 3 is 2.21 bits per heavy atom. The highest BCUT2D eigenvalue weighted by molar-refractivity contribution is 4.97. The summed E-state index contributed by atoms with van der Waals surface area (Å²) in [7, 11) is 1.82. The number of nitrogens with two attached hydrogens (primary N) is 1. The third-order valence-electron chi connectivity index (χ3n) is 5.68. The molecule has 0 amide bonds. The second-order valence-corrected chi connectivity index (χ2v) is 6.67. The second kappa shape index (κ2) is 7.05. The molecule has 0 aromatic rings.